The molecule has 8 heteroatoms. The van der Waals surface area contributed by atoms with Gasteiger partial charge in [-0.3, -0.25) is 10.1 Å². The minimum absolute atomic E-state index is 0.0826. The molecule has 0 spiro atoms. The van der Waals surface area contributed by atoms with E-state index in [9.17, 15) is 15.4 Å². The van der Waals surface area contributed by atoms with Gasteiger partial charge in [-0.2, -0.15) is 5.26 Å². The zero-order valence-corrected chi connectivity index (χ0v) is 17.9. The summed E-state index contributed by atoms with van der Waals surface area (Å²) >= 11 is 12.1. The Labute approximate surface area is 189 Å². The molecule has 0 bridgehead atoms. The van der Waals surface area contributed by atoms with Crippen LogP contribution in [0.25, 0.3) is 11.6 Å². The average molecular weight is 455 g/mol. The van der Waals surface area contributed by atoms with Crippen molar-refractivity contribution >= 4 is 40.5 Å². The summed E-state index contributed by atoms with van der Waals surface area (Å²) in [5.41, 5.74) is 2.10. The fraction of sp³-hybridized carbons (Fsp3) is 0.0870. The maximum atomic E-state index is 11.0. The molecule has 31 heavy (non-hydrogen) atoms. The maximum absolute atomic E-state index is 11.0. The molecule has 156 valence electrons. The van der Waals surface area contributed by atoms with Crippen LogP contribution in [0.5, 0.6) is 11.5 Å². The number of benzene rings is 3. The molecule has 3 aromatic rings. The lowest BCUT2D eigenvalue weighted by Gasteiger charge is -2.12. The third-order valence-corrected chi connectivity index (χ3v) is 4.97. The Bertz CT molecular complexity index is 1200. The summed E-state index contributed by atoms with van der Waals surface area (Å²) in [5, 5.41) is 21.6. The largest absolute Gasteiger partial charge is 0.493 e. The summed E-state index contributed by atoms with van der Waals surface area (Å²) < 4.78 is 11.2. The van der Waals surface area contributed by atoms with E-state index in [1.165, 1.54) is 25.3 Å². The number of ether oxygens (including phenoxy) is 2. The Hall–Kier alpha value is -3.53. The zero-order chi connectivity index (χ0) is 22.4. The number of halogens is 2. The van der Waals surface area contributed by atoms with Gasteiger partial charge in [-0.05, 0) is 41.5 Å². The molecule has 0 unspecified atom stereocenters. The second-order valence-corrected chi connectivity index (χ2v) is 7.26. The van der Waals surface area contributed by atoms with Crippen LogP contribution >= 0.6 is 23.2 Å². The topological polar surface area (TPSA) is 85.4 Å². The first-order valence-electron chi connectivity index (χ1n) is 9.02. The molecule has 0 saturated heterocycles. The molecule has 0 radical (unpaired) electrons. The lowest BCUT2D eigenvalue weighted by atomic mass is 10.0. The second-order valence-electron chi connectivity index (χ2n) is 6.41. The van der Waals surface area contributed by atoms with E-state index in [-0.39, 0.29) is 17.9 Å². The summed E-state index contributed by atoms with van der Waals surface area (Å²) in [7, 11) is 1.51. The van der Waals surface area contributed by atoms with Gasteiger partial charge in [0.05, 0.1) is 23.7 Å². The number of hydrogen-bond acceptors (Lipinski definition) is 5. The van der Waals surface area contributed by atoms with Crippen LogP contribution in [0.3, 0.4) is 0 Å². The van der Waals surface area contributed by atoms with Gasteiger partial charge in [0.2, 0.25) is 0 Å². The highest BCUT2D eigenvalue weighted by Gasteiger charge is 2.11. The van der Waals surface area contributed by atoms with Crippen LogP contribution in [0, 0.1) is 21.4 Å². The molecular formula is C23H16Cl2N2O4. The summed E-state index contributed by atoms with van der Waals surface area (Å²) in [6.07, 6.45) is 1.63. The molecule has 0 fully saturated rings. The lowest BCUT2D eigenvalue weighted by Crippen LogP contribution is -1.98. The third kappa shape index (κ3) is 5.54. The first-order valence-corrected chi connectivity index (χ1v) is 9.78. The Balaban J connectivity index is 1.85. The van der Waals surface area contributed by atoms with E-state index in [0.29, 0.717) is 32.7 Å². The van der Waals surface area contributed by atoms with Gasteiger partial charge in [0, 0.05) is 27.7 Å². The number of non-ortho nitro benzene ring substituents is 1. The summed E-state index contributed by atoms with van der Waals surface area (Å²) in [4.78, 5) is 10.5. The van der Waals surface area contributed by atoms with Crippen LogP contribution in [0.2, 0.25) is 10.0 Å². The van der Waals surface area contributed by atoms with E-state index in [1.54, 1.807) is 48.5 Å². The minimum atomic E-state index is -0.499. The number of rotatable bonds is 7. The van der Waals surface area contributed by atoms with Crippen molar-refractivity contribution in [2.45, 2.75) is 6.61 Å². The highest BCUT2D eigenvalue weighted by molar-refractivity contribution is 6.35. The number of allylic oxidation sites excluding steroid dienone is 1. The smallest absolute Gasteiger partial charge is 0.270 e. The fourth-order valence-corrected chi connectivity index (χ4v) is 3.28. The number of methoxy groups -OCH3 is 1. The Morgan fingerprint density at radius 2 is 1.94 bits per heavy atom. The SMILES string of the molecule is COc1cc(C=C(C#N)c2cccc([N+](=O)[O-])c2)ccc1OCc1ccc(Cl)cc1Cl. The van der Waals surface area contributed by atoms with Crippen LogP contribution in [-0.2, 0) is 6.61 Å². The molecule has 0 aromatic heterocycles. The molecule has 0 saturated carbocycles. The van der Waals surface area contributed by atoms with E-state index in [1.807, 2.05) is 0 Å². The van der Waals surface area contributed by atoms with Crippen molar-refractivity contribution < 1.29 is 14.4 Å². The van der Waals surface area contributed by atoms with E-state index in [2.05, 4.69) is 6.07 Å². The van der Waals surface area contributed by atoms with Crippen molar-refractivity contribution in [2.75, 3.05) is 7.11 Å². The number of nitriles is 1. The van der Waals surface area contributed by atoms with Gasteiger partial charge < -0.3 is 9.47 Å². The van der Waals surface area contributed by atoms with Gasteiger partial charge in [0.15, 0.2) is 11.5 Å². The predicted octanol–water partition coefficient (Wildman–Crippen LogP) is 6.55. The minimum Gasteiger partial charge on any atom is -0.493 e. The van der Waals surface area contributed by atoms with Crippen molar-refractivity contribution in [3.63, 3.8) is 0 Å². The predicted molar refractivity (Wildman–Crippen MR) is 120 cm³/mol. The highest BCUT2D eigenvalue weighted by atomic mass is 35.5. The Morgan fingerprint density at radius 3 is 2.61 bits per heavy atom. The summed E-state index contributed by atoms with van der Waals surface area (Å²) in [6, 6.07) is 18.4. The molecule has 6 nitrogen and oxygen atoms in total. The molecule has 0 heterocycles. The van der Waals surface area contributed by atoms with Crippen LogP contribution in [0.1, 0.15) is 16.7 Å². The normalized spacial score (nSPS) is 11.0. The molecule has 0 aliphatic carbocycles. The average Bonchev–Trinajstić information content (AvgIpc) is 2.77. The molecule has 0 N–H and O–H groups in total. The lowest BCUT2D eigenvalue weighted by molar-refractivity contribution is -0.384. The first-order chi connectivity index (χ1) is 14.9. The molecule has 0 aliphatic rings. The van der Waals surface area contributed by atoms with Gasteiger partial charge in [-0.15, -0.1) is 0 Å². The molecule has 3 aromatic carbocycles. The first kappa shape index (κ1) is 22.2. The molecule has 0 aliphatic heterocycles. The number of nitrogens with zero attached hydrogens (tertiary/aromatic N) is 2. The number of nitro groups is 1. The van der Waals surface area contributed by atoms with Crippen molar-refractivity contribution in [1.29, 1.82) is 5.26 Å². The van der Waals surface area contributed by atoms with E-state index >= 15 is 0 Å². The van der Waals surface area contributed by atoms with Gasteiger partial charge in [0.1, 0.15) is 6.61 Å². The van der Waals surface area contributed by atoms with Crippen LogP contribution in [0.15, 0.2) is 60.7 Å². The molecule has 3 rings (SSSR count). The van der Waals surface area contributed by atoms with Crippen molar-refractivity contribution in [2.24, 2.45) is 0 Å². The van der Waals surface area contributed by atoms with Gasteiger partial charge in [-0.25, -0.2) is 0 Å². The van der Waals surface area contributed by atoms with Gasteiger partial charge in [-0.1, -0.05) is 47.5 Å². The third-order valence-electron chi connectivity index (χ3n) is 4.39. The monoisotopic (exact) mass is 454 g/mol. The van der Waals surface area contributed by atoms with Gasteiger partial charge >= 0.3 is 0 Å². The Kier molecular flexibility index (Phi) is 7.14. The quantitative estimate of drug-likeness (QED) is 0.174. The van der Waals surface area contributed by atoms with Crippen LogP contribution < -0.4 is 9.47 Å². The summed E-state index contributed by atoms with van der Waals surface area (Å²) in [5.74, 6) is 0.967. The van der Waals surface area contributed by atoms with Crippen LogP contribution in [0.4, 0.5) is 5.69 Å². The van der Waals surface area contributed by atoms with E-state index in [4.69, 9.17) is 32.7 Å². The van der Waals surface area contributed by atoms with Crippen LogP contribution in [-0.4, -0.2) is 12.0 Å². The van der Waals surface area contributed by atoms with E-state index < -0.39 is 4.92 Å². The molecule has 0 atom stereocenters. The highest BCUT2D eigenvalue weighted by Crippen LogP contribution is 2.32. The standard InChI is InChI=1S/C23H16Cl2N2O4/c1-30-23-10-15(9-18(13-26)16-3-2-4-20(11-16)27(28)29)5-8-22(23)31-14-17-6-7-19(24)12-21(17)25/h2-12H,14H2,1H3. The molecule has 0 amide bonds. The summed E-state index contributed by atoms with van der Waals surface area (Å²) in [6.45, 7) is 0.221. The fourth-order valence-electron chi connectivity index (χ4n) is 2.82. The van der Waals surface area contributed by atoms with Crippen molar-refractivity contribution in [1.82, 2.24) is 0 Å². The maximum Gasteiger partial charge on any atom is 0.270 e. The van der Waals surface area contributed by atoms with E-state index in [0.717, 1.165) is 5.56 Å². The molecular weight excluding hydrogens is 439 g/mol. The zero-order valence-electron chi connectivity index (χ0n) is 16.3. The number of hydrogen-bond donors (Lipinski definition) is 0. The van der Waals surface area contributed by atoms with Gasteiger partial charge in [0.25, 0.3) is 5.69 Å². The van der Waals surface area contributed by atoms with Crippen molar-refractivity contribution in [3.8, 4) is 17.6 Å². The second kappa shape index (κ2) is 9.98. The number of nitro benzene ring substituents is 1. The van der Waals surface area contributed by atoms with Crippen molar-refractivity contribution in [3.05, 3.63) is 97.5 Å². The Morgan fingerprint density at radius 1 is 1.13 bits per heavy atom.